The molecule has 2 heterocycles. The summed E-state index contributed by atoms with van der Waals surface area (Å²) in [6.07, 6.45) is 1.67. The molecule has 2 amide bonds. The predicted molar refractivity (Wildman–Crippen MR) is 117 cm³/mol. The molecule has 1 fully saturated rings. The van der Waals surface area contributed by atoms with E-state index in [4.69, 9.17) is 16.3 Å². The number of carbonyl (C=O) groups excluding carboxylic acids is 2. The molecule has 30 heavy (non-hydrogen) atoms. The minimum atomic E-state index is -0.617. The second-order valence-corrected chi connectivity index (χ2v) is 8.14. The normalized spacial score (nSPS) is 19.9. The number of nitrogens with zero attached hydrogens (tertiary/aromatic N) is 2. The van der Waals surface area contributed by atoms with E-state index in [-0.39, 0.29) is 24.4 Å². The van der Waals surface area contributed by atoms with Crippen molar-refractivity contribution in [2.24, 2.45) is 0 Å². The highest BCUT2D eigenvalue weighted by Crippen LogP contribution is 2.33. The molecule has 0 spiro atoms. The molecule has 2 atom stereocenters. The van der Waals surface area contributed by atoms with E-state index in [9.17, 15) is 9.59 Å². The van der Waals surface area contributed by atoms with E-state index in [1.807, 2.05) is 42.5 Å². The lowest BCUT2D eigenvalue weighted by Crippen LogP contribution is -2.49. The summed E-state index contributed by atoms with van der Waals surface area (Å²) in [5.41, 5.74) is 1.64. The number of rotatable bonds is 6. The lowest BCUT2D eigenvalue weighted by Gasteiger charge is -2.33. The average molecular weight is 428 g/mol. The molecule has 2 aromatic carbocycles. The molecule has 158 valence electrons. The fourth-order valence-corrected chi connectivity index (χ4v) is 4.43. The monoisotopic (exact) mass is 427 g/mol. The van der Waals surface area contributed by atoms with E-state index in [2.05, 4.69) is 10.2 Å². The zero-order chi connectivity index (χ0) is 21.1. The van der Waals surface area contributed by atoms with Gasteiger partial charge < -0.3 is 10.1 Å². The van der Waals surface area contributed by atoms with Crippen LogP contribution in [0.15, 0.2) is 48.5 Å². The summed E-state index contributed by atoms with van der Waals surface area (Å²) in [6, 6.07) is 15.1. The lowest BCUT2D eigenvalue weighted by molar-refractivity contribution is -0.128. The van der Waals surface area contributed by atoms with E-state index in [1.165, 1.54) is 4.90 Å². The van der Waals surface area contributed by atoms with Gasteiger partial charge in [-0.1, -0.05) is 41.9 Å². The van der Waals surface area contributed by atoms with Gasteiger partial charge in [-0.25, -0.2) is 0 Å². The van der Waals surface area contributed by atoms with Gasteiger partial charge in [0.1, 0.15) is 12.3 Å². The highest BCUT2D eigenvalue weighted by molar-refractivity contribution is 6.31. The van der Waals surface area contributed by atoms with Crippen LogP contribution in [-0.4, -0.2) is 49.0 Å². The van der Waals surface area contributed by atoms with Crippen LogP contribution in [-0.2, 0) is 9.59 Å². The molecule has 0 aliphatic carbocycles. The quantitative estimate of drug-likeness (QED) is 0.767. The first-order valence-corrected chi connectivity index (χ1v) is 10.7. The van der Waals surface area contributed by atoms with Crippen molar-refractivity contribution in [2.45, 2.75) is 31.9 Å². The van der Waals surface area contributed by atoms with Crippen LogP contribution >= 0.6 is 11.6 Å². The van der Waals surface area contributed by atoms with Gasteiger partial charge in [-0.05, 0) is 56.6 Å². The summed E-state index contributed by atoms with van der Waals surface area (Å²) in [4.78, 5) is 29.3. The zero-order valence-corrected chi connectivity index (χ0v) is 17.8. The Balaban J connectivity index is 1.46. The van der Waals surface area contributed by atoms with Crippen molar-refractivity contribution in [3.05, 3.63) is 59.1 Å². The van der Waals surface area contributed by atoms with Gasteiger partial charge in [-0.15, -0.1) is 0 Å². The van der Waals surface area contributed by atoms with Gasteiger partial charge >= 0.3 is 0 Å². The maximum Gasteiger partial charge on any atom is 0.268 e. The van der Waals surface area contributed by atoms with Crippen LogP contribution in [0.25, 0.3) is 0 Å². The Hall–Kier alpha value is -2.57. The molecule has 0 unspecified atom stereocenters. The largest absolute Gasteiger partial charge is 0.479 e. The van der Waals surface area contributed by atoms with Crippen LogP contribution < -0.4 is 15.0 Å². The van der Waals surface area contributed by atoms with Crippen molar-refractivity contribution >= 4 is 29.1 Å². The molecule has 0 saturated carbocycles. The van der Waals surface area contributed by atoms with Crippen LogP contribution in [0.5, 0.6) is 5.75 Å². The number of nitrogens with one attached hydrogen (secondary N) is 1. The maximum absolute atomic E-state index is 12.8. The van der Waals surface area contributed by atoms with E-state index in [1.54, 1.807) is 13.0 Å². The van der Waals surface area contributed by atoms with Gasteiger partial charge in [0.05, 0.1) is 11.7 Å². The summed E-state index contributed by atoms with van der Waals surface area (Å²) in [7, 11) is 0. The third kappa shape index (κ3) is 4.30. The highest BCUT2D eigenvalue weighted by Gasteiger charge is 2.33. The Labute approximate surface area is 181 Å². The first kappa shape index (κ1) is 20.7. The number of carbonyl (C=O) groups is 2. The fourth-order valence-electron chi connectivity index (χ4n) is 4.17. The predicted octanol–water partition coefficient (Wildman–Crippen LogP) is 3.41. The van der Waals surface area contributed by atoms with Crippen molar-refractivity contribution in [1.82, 2.24) is 10.2 Å². The van der Waals surface area contributed by atoms with Crippen molar-refractivity contribution in [3.8, 4) is 5.75 Å². The summed E-state index contributed by atoms with van der Waals surface area (Å²) in [5.74, 6) is 0.193. The lowest BCUT2D eigenvalue weighted by atomic mass is 10.1. The second-order valence-electron chi connectivity index (χ2n) is 7.74. The Bertz CT molecular complexity index is 929. The van der Waals surface area contributed by atoms with Crippen molar-refractivity contribution in [1.29, 1.82) is 0 Å². The molecule has 2 aromatic rings. The fraction of sp³-hybridized carbons (Fsp3) is 0.391. The minimum absolute atomic E-state index is 0.0109. The maximum atomic E-state index is 12.8. The standard InChI is InChI=1S/C23H26ClN3O3/c1-16-23(29)27(19-10-4-5-11-21(19)30-16)15-22(28)25-14-20(26-12-6-7-13-26)17-8-2-3-9-18(17)24/h2-5,8-11,16,20H,6-7,12-15H2,1H3,(H,25,28)/t16-,20-/m0/s1. The summed E-state index contributed by atoms with van der Waals surface area (Å²) < 4.78 is 5.65. The molecule has 0 bridgehead atoms. The van der Waals surface area contributed by atoms with Crippen LogP contribution in [0, 0.1) is 0 Å². The zero-order valence-electron chi connectivity index (χ0n) is 17.0. The van der Waals surface area contributed by atoms with Crippen LogP contribution in [0.4, 0.5) is 5.69 Å². The van der Waals surface area contributed by atoms with Crippen LogP contribution in [0.2, 0.25) is 5.02 Å². The Morgan fingerprint density at radius 3 is 2.63 bits per heavy atom. The molecule has 2 aliphatic rings. The number of anilines is 1. The van der Waals surface area contributed by atoms with Gasteiger partial charge in [0.25, 0.3) is 5.91 Å². The SMILES string of the molecule is C[C@@H]1Oc2ccccc2N(CC(=O)NC[C@@H](c2ccccc2Cl)N2CCCC2)C1=O. The van der Waals surface area contributed by atoms with Gasteiger partial charge in [-0.3, -0.25) is 19.4 Å². The number of hydrogen-bond donors (Lipinski definition) is 1. The molecule has 2 aliphatic heterocycles. The van der Waals surface area contributed by atoms with Crippen molar-refractivity contribution in [3.63, 3.8) is 0 Å². The summed E-state index contributed by atoms with van der Waals surface area (Å²) >= 11 is 6.45. The topological polar surface area (TPSA) is 61.9 Å². The number of halogens is 1. The molecule has 4 rings (SSSR count). The van der Waals surface area contributed by atoms with Crippen LogP contribution in [0.3, 0.4) is 0 Å². The van der Waals surface area contributed by atoms with E-state index < -0.39 is 6.10 Å². The van der Waals surface area contributed by atoms with Gasteiger partial charge in [0.2, 0.25) is 5.91 Å². The molecular weight excluding hydrogens is 402 g/mol. The minimum Gasteiger partial charge on any atom is -0.479 e. The number of ether oxygens (including phenoxy) is 1. The van der Waals surface area contributed by atoms with Crippen molar-refractivity contribution in [2.75, 3.05) is 31.1 Å². The Kier molecular flexibility index (Phi) is 6.25. The number of amides is 2. The van der Waals surface area contributed by atoms with Gasteiger partial charge in [0, 0.05) is 11.6 Å². The molecule has 0 aromatic heterocycles. The summed E-state index contributed by atoms with van der Waals surface area (Å²) in [5, 5.41) is 3.73. The first-order chi connectivity index (χ1) is 14.5. The molecular formula is C23H26ClN3O3. The average Bonchev–Trinajstić information content (AvgIpc) is 3.27. The van der Waals surface area contributed by atoms with E-state index in [0.717, 1.165) is 31.5 Å². The first-order valence-electron chi connectivity index (χ1n) is 10.4. The summed E-state index contributed by atoms with van der Waals surface area (Å²) in [6.45, 7) is 4.07. The second kappa shape index (κ2) is 9.06. The molecule has 1 saturated heterocycles. The Morgan fingerprint density at radius 2 is 1.87 bits per heavy atom. The van der Waals surface area contributed by atoms with E-state index >= 15 is 0 Å². The Morgan fingerprint density at radius 1 is 1.17 bits per heavy atom. The van der Waals surface area contributed by atoms with Gasteiger partial charge in [-0.2, -0.15) is 0 Å². The smallest absolute Gasteiger partial charge is 0.268 e. The van der Waals surface area contributed by atoms with Crippen LogP contribution in [0.1, 0.15) is 31.4 Å². The number of fused-ring (bicyclic) bond motifs is 1. The van der Waals surface area contributed by atoms with Crippen molar-refractivity contribution < 1.29 is 14.3 Å². The van der Waals surface area contributed by atoms with E-state index in [0.29, 0.717) is 23.0 Å². The molecule has 1 N–H and O–H groups in total. The molecule has 7 heteroatoms. The highest BCUT2D eigenvalue weighted by atomic mass is 35.5. The number of benzene rings is 2. The number of hydrogen-bond acceptors (Lipinski definition) is 4. The van der Waals surface area contributed by atoms with Gasteiger partial charge in [0.15, 0.2) is 6.10 Å². The third-order valence-electron chi connectivity index (χ3n) is 5.71. The number of para-hydroxylation sites is 2. The molecule has 6 nitrogen and oxygen atoms in total. The number of likely N-dealkylation sites (tertiary alicyclic amines) is 1. The molecule has 0 radical (unpaired) electrons. The third-order valence-corrected chi connectivity index (χ3v) is 6.06.